The Kier molecular flexibility index (Phi) is 5.35. The van der Waals surface area contributed by atoms with Crippen molar-refractivity contribution in [2.24, 2.45) is 15.9 Å². The van der Waals surface area contributed by atoms with E-state index in [2.05, 4.69) is 9.98 Å². The molecule has 9 heteroatoms. The Morgan fingerprint density at radius 1 is 1.07 bits per heavy atom. The van der Waals surface area contributed by atoms with E-state index in [1.54, 1.807) is 24.3 Å². The van der Waals surface area contributed by atoms with Gasteiger partial charge in [-0.15, -0.1) is 11.3 Å². The van der Waals surface area contributed by atoms with Crippen LogP contribution in [0.1, 0.15) is 4.88 Å². The molecule has 0 bridgehead atoms. The van der Waals surface area contributed by atoms with Gasteiger partial charge in [0.2, 0.25) is 10.0 Å². The van der Waals surface area contributed by atoms with E-state index in [0.717, 1.165) is 17.0 Å². The normalized spacial score (nSPS) is 18.6. The van der Waals surface area contributed by atoms with Crippen LogP contribution >= 0.6 is 11.3 Å². The molecule has 0 saturated heterocycles. The predicted octanol–water partition coefficient (Wildman–Crippen LogP) is 3.20. The van der Waals surface area contributed by atoms with Gasteiger partial charge in [0.1, 0.15) is 17.6 Å². The van der Waals surface area contributed by atoms with Crippen LogP contribution in [0.25, 0.3) is 0 Å². The zero-order valence-electron chi connectivity index (χ0n) is 15.1. The van der Waals surface area contributed by atoms with Crippen LogP contribution < -0.4 is 0 Å². The molecule has 29 heavy (non-hydrogen) atoms. The molecule has 1 unspecified atom stereocenters. The summed E-state index contributed by atoms with van der Waals surface area (Å²) < 4.78 is 40.9. The Morgan fingerprint density at radius 2 is 1.86 bits per heavy atom. The molecule has 2 aromatic rings. The summed E-state index contributed by atoms with van der Waals surface area (Å²) in [5, 5.41) is 1.85. The number of carbonyl (C=O) groups is 1. The number of benzene rings is 1. The van der Waals surface area contributed by atoms with Gasteiger partial charge in [-0.2, -0.15) is 9.30 Å². The molecule has 6 nitrogen and oxygen atoms in total. The van der Waals surface area contributed by atoms with Crippen molar-refractivity contribution in [2.45, 2.75) is 11.4 Å². The monoisotopic (exact) mass is 429 g/mol. The van der Waals surface area contributed by atoms with Crippen molar-refractivity contribution >= 4 is 38.8 Å². The molecule has 2 heterocycles. The topological polar surface area (TPSA) is 79.2 Å². The first-order chi connectivity index (χ1) is 13.9. The van der Waals surface area contributed by atoms with Gasteiger partial charge in [-0.05, 0) is 41.8 Å². The van der Waals surface area contributed by atoms with Crippen LogP contribution in [0, 0.1) is 11.7 Å². The van der Waals surface area contributed by atoms with Crippen LogP contribution in [0.15, 0.2) is 81.0 Å². The number of hydrogen-bond donors (Lipinski definition) is 0. The van der Waals surface area contributed by atoms with E-state index in [9.17, 15) is 17.6 Å². The summed E-state index contributed by atoms with van der Waals surface area (Å²) >= 11 is 1.42. The van der Waals surface area contributed by atoms with Crippen LogP contribution in [-0.4, -0.2) is 36.7 Å². The second-order valence-electron chi connectivity index (χ2n) is 6.43. The second kappa shape index (κ2) is 7.94. The highest BCUT2D eigenvalue weighted by Gasteiger charge is 2.31. The molecule has 4 rings (SSSR count). The van der Waals surface area contributed by atoms with Crippen molar-refractivity contribution in [3.8, 4) is 0 Å². The number of nitrogens with zero attached hydrogens (tertiary/aromatic N) is 3. The highest BCUT2D eigenvalue weighted by molar-refractivity contribution is 7.89. The fourth-order valence-electron chi connectivity index (χ4n) is 3.00. The highest BCUT2D eigenvalue weighted by atomic mass is 32.2. The van der Waals surface area contributed by atoms with Crippen molar-refractivity contribution in [3.63, 3.8) is 0 Å². The fraction of sp³-hybridized carbons (Fsp3) is 0.150. The third-order valence-corrected chi connectivity index (χ3v) is 7.11. The van der Waals surface area contributed by atoms with Gasteiger partial charge >= 0.3 is 0 Å². The maximum absolute atomic E-state index is 13.3. The number of sulfonamides is 1. The maximum atomic E-state index is 13.3. The van der Waals surface area contributed by atoms with E-state index in [1.165, 1.54) is 27.8 Å². The number of allylic oxidation sites excluding steroid dienone is 3. The van der Waals surface area contributed by atoms with Gasteiger partial charge in [-0.25, -0.2) is 17.8 Å². The minimum absolute atomic E-state index is 0.0378. The summed E-state index contributed by atoms with van der Waals surface area (Å²) in [4.78, 5) is 21.5. The lowest BCUT2D eigenvalue weighted by Gasteiger charge is -2.24. The molecule has 2 aliphatic rings. The molecule has 1 amide bonds. The molecule has 0 spiro atoms. The minimum atomic E-state index is -3.96. The quantitative estimate of drug-likeness (QED) is 0.707. The number of fused-ring (bicyclic) bond motifs is 1. The molecule has 0 radical (unpaired) electrons. The predicted molar refractivity (Wildman–Crippen MR) is 110 cm³/mol. The number of carbonyl (C=O) groups excluding carboxylic acids is 1. The summed E-state index contributed by atoms with van der Waals surface area (Å²) in [5.41, 5.74) is 0.540. The molecule has 148 valence electrons. The van der Waals surface area contributed by atoms with Crippen LogP contribution in [0.3, 0.4) is 0 Å². The zero-order valence-corrected chi connectivity index (χ0v) is 16.7. The Hall–Kier alpha value is -2.75. The van der Waals surface area contributed by atoms with Crippen LogP contribution in [-0.2, 0) is 21.4 Å². The lowest BCUT2D eigenvalue weighted by molar-refractivity contribution is -0.118. The number of aliphatic imine (C=N–C) groups is 2. The second-order valence-corrected chi connectivity index (χ2v) is 9.40. The number of hydrogen-bond acceptors (Lipinski definition) is 5. The number of thiophene rings is 1. The van der Waals surface area contributed by atoms with Gasteiger partial charge in [0.05, 0.1) is 17.2 Å². The summed E-state index contributed by atoms with van der Waals surface area (Å²) in [5.74, 6) is -1.29. The largest absolute Gasteiger partial charge is 0.271 e. The maximum Gasteiger partial charge on any atom is 0.260 e. The first-order valence-corrected chi connectivity index (χ1v) is 11.1. The summed E-state index contributed by atoms with van der Waals surface area (Å²) in [6.07, 6.45) is 6.95. The molecule has 1 atom stereocenters. The van der Waals surface area contributed by atoms with Gasteiger partial charge in [0, 0.05) is 11.4 Å². The molecular weight excluding hydrogens is 413 g/mol. The number of amides is 1. The summed E-state index contributed by atoms with van der Waals surface area (Å²) in [6.45, 7) is -0.0776. The first kappa shape index (κ1) is 19.6. The van der Waals surface area contributed by atoms with Crippen LogP contribution in [0.4, 0.5) is 4.39 Å². The molecule has 1 aliphatic carbocycles. The lowest BCUT2D eigenvalue weighted by Crippen LogP contribution is -2.37. The van der Waals surface area contributed by atoms with E-state index in [1.807, 2.05) is 17.5 Å². The van der Waals surface area contributed by atoms with E-state index in [0.29, 0.717) is 5.71 Å². The molecule has 0 N–H and O–H groups in total. The molecule has 1 aromatic carbocycles. The third-order valence-electron chi connectivity index (χ3n) is 4.45. The molecule has 0 fully saturated rings. The van der Waals surface area contributed by atoms with Crippen molar-refractivity contribution in [1.29, 1.82) is 0 Å². The van der Waals surface area contributed by atoms with Gasteiger partial charge < -0.3 is 0 Å². The Morgan fingerprint density at radius 3 is 2.59 bits per heavy atom. The van der Waals surface area contributed by atoms with Crippen molar-refractivity contribution < 1.29 is 17.6 Å². The fourth-order valence-corrected chi connectivity index (χ4v) is 5.18. The smallest absolute Gasteiger partial charge is 0.260 e. The van der Waals surface area contributed by atoms with Crippen molar-refractivity contribution in [2.75, 3.05) is 6.54 Å². The zero-order chi connectivity index (χ0) is 20.4. The summed E-state index contributed by atoms with van der Waals surface area (Å²) in [6, 6.07) is 8.29. The van der Waals surface area contributed by atoms with Crippen molar-refractivity contribution in [3.05, 3.63) is 76.8 Å². The van der Waals surface area contributed by atoms with Gasteiger partial charge in [0.25, 0.3) is 5.91 Å². The molecule has 0 saturated carbocycles. The first-order valence-electron chi connectivity index (χ1n) is 8.76. The van der Waals surface area contributed by atoms with E-state index in [4.69, 9.17) is 0 Å². The SMILES string of the molecule is O=C1N=C(CN(Cc2cccs2)S(=O)(=O)c2ccc(F)cc2)N=C2C=CC=CC12. The highest BCUT2D eigenvalue weighted by Crippen LogP contribution is 2.23. The molecule has 1 aromatic heterocycles. The average Bonchev–Trinajstić information content (AvgIpc) is 3.21. The number of rotatable bonds is 6. The molecule has 1 aliphatic heterocycles. The van der Waals surface area contributed by atoms with Crippen LogP contribution in [0.2, 0.25) is 0 Å². The Bertz CT molecular complexity index is 1150. The number of amidine groups is 1. The van der Waals surface area contributed by atoms with Gasteiger partial charge in [-0.3, -0.25) is 4.79 Å². The van der Waals surface area contributed by atoms with E-state index < -0.39 is 21.8 Å². The number of halogens is 1. The Balaban J connectivity index is 1.67. The summed E-state index contributed by atoms with van der Waals surface area (Å²) in [7, 11) is -3.96. The lowest BCUT2D eigenvalue weighted by atomic mass is 9.96. The van der Waals surface area contributed by atoms with Crippen LogP contribution in [0.5, 0.6) is 0 Å². The van der Waals surface area contributed by atoms with E-state index >= 15 is 0 Å². The standard InChI is InChI=1S/C20H16FN3O3S2/c21-14-7-9-16(10-8-14)29(26,27)24(12-15-4-3-11-28-15)13-19-22-18-6-2-1-5-17(18)20(25)23-19/h1-11,17H,12-13H2. The third kappa shape index (κ3) is 4.16. The van der Waals surface area contributed by atoms with E-state index in [-0.39, 0.29) is 29.7 Å². The van der Waals surface area contributed by atoms with Gasteiger partial charge in [0.15, 0.2) is 0 Å². The Labute approximate surface area is 171 Å². The molecular formula is C20H16FN3O3S2. The average molecular weight is 429 g/mol. The van der Waals surface area contributed by atoms with Crippen molar-refractivity contribution in [1.82, 2.24) is 4.31 Å². The van der Waals surface area contributed by atoms with Gasteiger partial charge in [-0.1, -0.05) is 24.3 Å². The minimum Gasteiger partial charge on any atom is -0.271 e.